The summed E-state index contributed by atoms with van der Waals surface area (Å²) in [6.07, 6.45) is -5.28. The largest absolute Gasteiger partial charge is 0.444 e. The van der Waals surface area contributed by atoms with Gasteiger partial charge in [0.05, 0.1) is 33.4 Å². The Balaban J connectivity index is 1.79. The van der Waals surface area contributed by atoms with E-state index in [0.717, 1.165) is 6.07 Å². The topological polar surface area (TPSA) is 146 Å². The summed E-state index contributed by atoms with van der Waals surface area (Å²) in [5.41, 5.74) is 3.89. The lowest BCUT2D eigenvalue weighted by atomic mass is 10.00. The molecule has 1 aliphatic rings. The molecule has 0 spiro atoms. The first-order chi connectivity index (χ1) is 19.4. The Bertz CT molecular complexity index is 1490. The number of alkyl halides is 3. The van der Waals surface area contributed by atoms with Crippen LogP contribution in [0.3, 0.4) is 0 Å². The number of rotatable bonds is 7. The molecule has 0 saturated carbocycles. The highest BCUT2D eigenvalue weighted by Gasteiger charge is 2.36. The fourth-order valence-electron chi connectivity index (χ4n) is 4.43. The van der Waals surface area contributed by atoms with E-state index < -0.39 is 44.7 Å². The number of nitrogen functional groups attached to an aromatic ring is 1. The first-order valence-electron chi connectivity index (χ1n) is 13.2. The van der Waals surface area contributed by atoms with Crippen molar-refractivity contribution in [2.24, 2.45) is 0 Å². The molecular formula is C28H34F3N5O5S. The van der Waals surface area contributed by atoms with Crippen LogP contribution in [-0.4, -0.2) is 67.8 Å². The number of amides is 2. The maximum Gasteiger partial charge on any atom is 0.416 e. The van der Waals surface area contributed by atoms with Crippen LogP contribution in [0.1, 0.15) is 60.3 Å². The van der Waals surface area contributed by atoms with E-state index in [9.17, 15) is 36.4 Å². The number of anilines is 1. The minimum Gasteiger partial charge on any atom is -0.444 e. The number of piperazine rings is 1. The molecule has 14 heteroatoms. The first kappa shape index (κ1) is 32.7. The van der Waals surface area contributed by atoms with Gasteiger partial charge in [0, 0.05) is 45.0 Å². The Labute approximate surface area is 243 Å². The Hall–Kier alpha value is -3.83. The minimum atomic E-state index is -4.79. The number of nitrogens with zero attached hydrogens (tertiary/aromatic N) is 3. The average Bonchev–Trinajstić information content (AvgIpc) is 2.90. The van der Waals surface area contributed by atoms with Crippen molar-refractivity contribution in [1.29, 1.82) is 5.26 Å². The summed E-state index contributed by atoms with van der Waals surface area (Å²) < 4.78 is 72.6. The van der Waals surface area contributed by atoms with Crippen molar-refractivity contribution in [3.05, 3.63) is 58.1 Å². The highest BCUT2D eigenvalue weighted by Crippen LogP contribution is 2.35. The quantitative estimate of drug-likeness (QED) is 0.449. The van der Waals surface area contributed by atoms with Crippen molar-refractivity contribution >= 4 is 27.5 Å². The van der Waals surface area contributed by atoms with Gasteiger partial charge in [-0.1, -0.05) is 6.92 Å². The molecule has 0 aliphatic carbocycles. The van der Waals surface area contributed by atoms with Crippen LogP contribution in [0.2, 0.25) is 0 Å². The normalized spacial score (nSPS) is 14.8. The van der Waals surface area contributed by atoms with E-state index in [2.05, 4.69) is 5.32 Å². The van der Waals surface area contributed by atoms with E-state index in [0.29, 0.717) is 19.2 Å². The number of carbonyl (C=O) groups excluding carboxylic acids is 2. The maximum atomic E-state index is 14.1. The van der Waals surface area contributed by atoms with Crippen molar-refractivity contribution < 1.29 is 35.9 Å². The standard InChI is InChI=1S/C28H34F3N5O5S/c1-5-42(39,40)24-7-6-18(15-32)12-19(24)16-34-25(37)21-14-22(28(29,30)31)20(13-23(21)33)17-35-8-10-36(11-9-35)26(38)41-27(2,3)4/h6-7,12-14H,5,8-11,16-17,33H2,1-4H3,(H,34,37). The van der Waals surface area contributed by atoms with E-state index >= 15 is 0 Å². The molecule has 2 aromatic carbocycles. The summed E-state index contributed by atoms with van der Waals surface area (Å²) in [7, 11) is -3.70. The van der Waals surface area contributed by atoms with Gasteiger partial charge in [0.15, 0.2) is 9.84 Å². The second-order valence-corrected chi connectivity index (χ2v) is 13.1. The van der Waals surface area contributed by atoms with E-state index in [1.54, 1.807) is 25.7 Å². The van der Waals surface area contributed by atoms with Gasteiger partial charge in [0.25, 0.3) is 5.91 Å². The average molecular weight is 610 g/mol. The zero-order valence-electron chi connectivity index (χ0n) is 23.8. The molecule has 3 N–H and O–H groups in total. The number of sulfone groups is 1. The van der Waals surface area contributed by atoms with Crippen LogP contribution in [0.5, 0.6) is 0 Å². The van der Waals surface area contributed by atoms with Crippen molar-refractivity contribution in [2.75, 3.05) is 37.7 Å². The summed E-state index contributed by atoms with van der Waals surface area (Å²) in [4.78, 5) is 28.4. The highest BCUT2D eigenvalue weighted by atomic mass is 32.2. The number of benzene rings is 2. The Kier molecular flexibility index (Phi) is 9.79. The second-order valence-electron chi connectivity index (χ2n) is 10.9. The maximum absolute atomic E-state index is 14.1. The van der Waals surface area contributed by atoms with Gasteiger partial charge in [-0.05, 0) is 62.2 Å². The number of ether oxygens (including phenoxy) is 1. The summed E-state index contributed by atoms with van der Waals surface area (Å²) in [5.74, 6) is -1.16. The van der Waals surface area contributed by atoms with Crippen molar-refractivity contribution in [1.82, 2.24) is 15.1 Å². The Morgan fingerprint density at radius 1 is 1.07 bits per heavy atom. The van der Waals surface area contributed by atoms with Crippen LogP contribution in [0, 0.1) is 11.3 Å². The molecule has 228 valence electrons. The predicted octanol–water partition coefficient (Wildman–Crippen LogP) is 3.94. The molecule has 42 heavy (non-hydrogen) atoms. The number of hydrogen-bond donors (Lipinski definition) is 2. The molecule has 2 aromatic rings. The molecule has 0 unspecified atom stereocenters. The van der Waals surface area contributed by atoms with Gasteiger partial charge in [0.1, 0.15) is 5.60 Å². The van der Waals surface area contributed by atoms with Gasteiger partial charge in [-0.2, -0.15) is 18.4 Å². The third-order valence-electron chi connectivity index (χ3n) is 6.59. The molecule has 3 rings (SSSR count). The van der Waals surface area contributed by atoms with E-state index in [-0.39, 0.29) is 59.2 Å². The van der Waals surface area contributed by atoms with Gasteiger partial charge in [-0.15, -0.1) is 0 Å². The smallest absolute Gasteiger partial charge is 0.416 e. The minimum absolute atomic E-state index is 0.0876. The third-order valence-corrected chi connectivity index (χ3v) is 8.42. The van der Waals surface area contributed by atoms with Gasteiger partial charge < -0.3 is 20.7 Å². The Morgan fingerprint density at radius 2 is 1.71 bits per heavy atom. The molecule has 0 radical (unpaired) electrons. The van der Waals surface area contributed by atoms with Crippen LogP contribution in [-0.2, 0) is 33.8 Å². The van der Waals surface area contributed by atoms with Crippen LogP contribution in [0.15, 0.2) is 35.2 Å². The zero-order chi connectivity index (χ0) is 31.5. The molecule has 2 amide bonds. The molecular weight excluding hydrogens is 575 g/mol. The zero-order valence-corrected chi connectivity index (χ0v) is 24.7. The molecule has 1 fully saturated rings. The van der Waals surface area contributed by atoms with Crippen LogP contribution < -0.4 is 11.1 Å². The van der Waals surface area contributed by atoms with Gasteiger partial charge in [-0.3, -0.25) is 9.69 Å². The molecule has 0 bridgehead atoms. The lowest BCUT2D eigenvalue weighted by Gasteiger charge is -2.36. The van der Waals surface area contributed by atoms with Crippen LogP contribution in [0.4, 0.5) is 23.7 Å². The Morgan fingerprint density at radius 3 is 2.26 bits per heavy atom. The lowest BCUT2D eigenvalue weighted by Crippen LogP contribution is -2.49. The fraction of sp³-hybridized carbons (Fsp3) is 0.464. The van der Waals surface area contributed by atoms with Gasteiger partial charge in [0.2, 0.25) is 0 Å². The number of hydrogen-bond acceptors (Lipinski definition) is 8. The van der Waals surface area contributed by atoms with Crippen molar-refractivity contribution in [3.63, 3.8) is 0 Å². The van der Waals surface area contributed by atoms with Crippen molar-refractivity contribution in [2.45, 2.75) is 57.5 Å². The lowest BCUT2D eigenvalue weighted by molar-refractivity contribution is -0.138. The van der Waals surface area contributed by atoms with Gasteiger partial charge >= 0.3 is 12.3 Å². The first-order valence-corrected chi connectivity index (χ1v) is 14.8. The SMILES string of the molecule is CCS(=O)(=O)c1ccc(C#N)cc1CNC(=O)c1cc(C(F)(F)F)c(CN2CCN(C(=O)OC(C)(C)C)CC2)cc1N. The summed E-state index contributed by atoms with van der Waals surface area (Å²) in [6.45, 7) is 7.38. The predicted molar refractivity (Wildman–Crippen MR) is 149 cm³/mol. The number of nitrogens with one attached hydrogen (secondary N) is 1. The van der Waals surface area contributed by atoms with E-state index in [4.69, 9.17) is 10.5 Å². The summed E-state index contributed by atoms with van der Waals surface area (Å²) in [6, 6.07) is 7.59. The summed E-state index contributed by atoms with van der Waals surface area (Å²) >= 11 is 0. The number of carbonyl (C=O) groups is 2. The third kappa shape index (κ3) is 8.13. The van der Waals surface area contributed by atoms with E-state index in [1.807, 2.05) is 6.07 Å². The molecule has 1 saturated heterocycles. The molecule has 1 aliphatic heterocycles. The molecule has 1 heterocycles. The number of nitrogens with two attached hydrogens (primary N) is 1. The van der Waals surface area contributed by atoms with Gasteiger partial charge in [-0.25, -0.2) is 13.2 Å². The second kappa shape index (κ2) is 12.6. The highest BCUT2D eigenvalue weighted by molar-refractivity contribution is 7.91. The molecule has 10 nitrogen and oxygen atoms in total. The number of halogens is 3. The van der Waals surface area contributed by atoms with Crippen LogP contribution >= 0.6 is 0 Å². The number of nitriles is 1. The summed E-state index contributed by atoms with van der Waals surface area (Å²) in [5, 5.41) is 11.6. The van der Waals surface area contributed by atoms with Crippen molar-refractivity contribution in [3.8, 4) is 6.07 Å². The molecule has 0 aromatic heterocycles. The van der Waals surface area contributed by atoms with Crippen LogP contribution in [0.25, 0.3) is 0 Å². The fourth-order valence-corrected chi connectivity index (χ4v) is 5.54. The van der Waals surface area contributed by atoms with E-state index in [1.165, 1.54) is 30.0 Å². The molecule has 0 atom stereocenters. The monoisotopic (exact) mass is 609 g/mol.